The zero-order valence-electron chi connectivity index (χ0n) is 13.4. The summed E-state index contributed by atoms with van der Waals surface area (Å²) in [6.45, 7) is 9.33. The highest BCUT2D eigenvalue weighted by atomic mass is 32.1. The lowest BCUT2D eigenvalue weighted by Crippen LogP contribution is -2.03. The third kappa shape index (κ3) is 4.43. The normalized spacial score (nSPS) is 12.5. The molecule has 0 aliphatic carbocycles. The first-order valence-electron chi connectivity index (χ1n) is 7.45. The van der Waals surface area contributed by atoms with Gasteiger partial charge in [-0.2, -0.15) is 0 Å². The molecule has 4 nitrogen and oxygen atoms in total. The number of ether oxygens (including phenoxy) is 1. The number of nitrogens with zero attached hydrogens (tertiary/aromatic N) is 1. The number of aromatic nitrogens is 1. The Morgan fingerprint density at radius 3 is 2.92 bits per heavy atom. The molecule has 1 atom stereocenters. The van der Waals surface area contributed by atoms with Crippen LogP contribution in [-0.4, -0.2) is 22.2 Å². The molecule has 24 heavy (non-hydrogen) atoms. The maximum atomic E-state index is 11.1. The summed E-state index contributed by atoms with van der Waals surface area (Å²) in [5.41, 5.74) is 1.72. The third-order valence-electron chi connectivity index (χ3n) is 3.23. The van der Waals surface area contributed by atoms with Gasteiger partial charge in [0.2, 0.25) is 0 Å². The minimum absolute atomic E-state index is 0.137. The minimum Gasteiger partial charge on any atom is -0.485 e. The standard InChI is InChI=1S/C19H19NO3S/c1-4-6-10-17(23-13(3)5-2)16-12-24-18(20-16)14-8-7-9-15(11-14)19(21)22/h4-5,7-13H,1-2,6H2,3H3,(H,21,22)/b17-10-. The van der Waals surface area contributed by atoms with Crippen LogP contribution < -0.4 is 0 Å². The average molecular weight is 341 g/mol. The van der Waals surface area contributed by atoms with Crippen molar-refractivity contribution in [3.8, 4) is 10.6 Å². The second-order valence-electron chi connectivity index (χ2n) is 5.08. The van der Waals surface area contributed by atoms with Crippen molar-refractivity contribution in [1.29, 1.82) is 0 Å². The smallest absolute Gasteiger partial charge is 0.335 e. The molecule has 1 unspecified atom stereocenters. The molecule has 0 aliphatic heterocycles. The number of carboxylic acid groups (broad SMARTS) is 1. The van der Waals surface area contributed by atoms with Crippen molar-refractivity contribution in [2.45, 2.75) is 19.4 Å². The lowest BCUT2D eigenvalue weighted by atomic mass is 10.1. The highest BCUT2D eigenvalue weighted by Crippen LogP contribution is 2.28. The van der Waals surface area contributed by atoms with Crippen LogP contribution in [0, 0.1) is 0 Å². The van der Waals surface area contributed by atoms with Gasteiger partial charge in [0.05, 0.1) is 5.56 Å². The van der Waals surface area contributed by atoms with E-state index >= 15 is 0 Å². The first kappa shape index (κ1) is 17.7. The summed E-state index contributed by atoms with van der Waals surface area (Å²) >= 11 is 1.44. The van der Waals surface area contributed by atoms with E-state index in [0.29, 0.717) is 17.9 Å². The maximum Gasteiger partial charge on any atom is 0.335 e. The van der Waals surface area contributed by atoms with Gasteiger partial charge in [-0.3, -0.25) is 0 Å². The Morgan fingerprint density at radius 2 is 2.25 bits per heavy atom. The molecule has 0 aliphatic rings. The van der Waals surface area contributed by atoms with Gasteiger partial charge in [-0.05, 0) is 31.6 Å². The van der Waals surface area contributed by atoms with Gasteiger partial charge >= 0.3 is 5.97 Å². The molecule has 0 saturated carbocycles. The van der Waals surface area contributed by atoms with Crippen molar-refractivity contribution < 1.29 is 14.6 Å². The summed E-state index contributed by atoms with van der Waals surface area (Å²) in [4.78, 5) is 15.7. The second-order valence-corrected chi connectivity index (χ2v) is 5.93. The van der Waals surface area contributed by atoms with Crippen LogP contribution in [0.25, 0.3) is 16.3 Å². The molecule has 2 rings (SSSR count). The Balaban J connectivity index is 2.33. The molecular weight excluding hydrogens is 322 g/mol. The average Bonchev–Trinajstić information content (AvgIpc) is 3.08. The number of hydrogen-bond donors (Lipinski definition) is 1. The summed E-state index contributed by atoms with van der Waals surface area (Å²) in [7, 11) is 0. The van der Waals surface area contributed by atoms with Crippen molar-refractivity contribution in [3.05, 3.63) is 72.3 Å². The van der Waals surface area contributed by atoms with E-state index in [-0.39, 0.29) is 11.7 Å². The summed E-state index contributed by atoms with van der Waals surface area (Å²) < 4.78 is 5.84. The van der Waals surface area contributed by atoms with E-state index in [0.717, 1.165) is 10.6 Å². The summed E-state index contributed by atoms with van der Waals surface area (Å²) in [5, 5.41) is 11.7. The van der Waals surface area contributed by atoms with Crippen LogP contribution in [0.3, 0.4) is 0 Å². The molecule has 1 aromatic heterocycles. The van der Waals surface area contributed by atoms with Gasteiger partial charge in [0.15, 0.2) is 0 Å². The zero-order valence-corrected chi connectivity index (χ0v) is 14.3. The molecule has 1 heterocycles. The molecule has 0 fully saturated rings. The Bertz CT molecular complexity index is 776. The molecule has 0 spiro atoms. The van der Waals surface area contributed by atoms with Crippen LogP contribution in [0.2, 0.25) is 0 Å². The number of benzene rings is 1. The van der Waals surface area contributed by atoms with Crippen LogP contribution in [0.4, 0.5) is 0 Å². The van der Waals surface area contributed by atoms with E-state index in [1.807, 2.05) is 24.4 Å². The van der Waals surface area contributed by atoms with Gasteiger partial charge in [-0.1, -0.05) is 30.9 Å². The first-order valence-corrected chi connectivity index (χ1v) is 8.33. The number of carboxylic acids is 1. The van der Waals surface area contributed by atoms with Gasteiger partial charge in [0, 0.05) is 10.9 Å². The molecule has 2 aromatic rings. The summed E-state index contributed by atoms with van der Waals surface area (Å²) in [5.74, 6) is -0.289. The number of hydrogen-bond acceptors (Lipinski definition) is 4. The molecule has 0 radical (unpaired) electrons. The predicted molar refractivity (Wildman–Crippen MR) is 98.0 cm³/mol. The van der Waals surface area contributed by atoms with Crippen molar-refractivity contribution in [2.75, 3.05) is 0 Å². The number of allylic oxidation sites excluding steroid dienone is 2. The van der Waals surface area contributed by atoms with Gasteiger partial charge in [-0.25, -0.2) is 9.78 Å². The van der Waals surface area contributed by atoms with E-state index in [4.69, 9.17) is 9.84 Å². The summed E-state index contributed by atoms with van der Waals surface area (Å²) in [6.07, 6.45) is 5.94. The molecule has 0 saturated heterocycles. The highest BCUT2D eigenvalue weighted by molar-refractivity contribution is 7.13. The number of thiazole rings is 1. The Labute approximate surface area is 145 Å². The quantitative estimate of drug-likeness (QED) is 0.541. The Kier molecular flexibility index (Phi) is 6.09. The SMILES string of the molecule is C=CC/C=C(\OC(C)C=C)c1csc(-c2cccc(C(=O)O)c2)n1. The number of rotatable bonds is 8. The highest BCUT2D eigenvalue weighted by Gasteiger charge is 2.13. The van der Waals surface area contributed by atoms with Crippen molar-refractivity contribution in [3.63, 3.8) is 0 Å². The molecule has 5 heteroatoms. The van der Waals surface area contributed by atoms with Crippen molar-refractivity contribution >= 4 is 23.1 Å². The Morgan fingerprint density at radius 1 is 1.46 bits per heavy atom. The van der Waals surface area contributed by atoms with Crippen LogP contribution >= 0.6 is 11.3 Å². The minimum atomic E-state index is -0.955. The lowest BCUT2D eigenvalue weighted by molar-refractivity contribution is 0.0697. The molecule has 124 valence electrons. The first-order chi connectivity index (χ1) is 11.5. The fourth-order valence-corrected chi connectivity index (χ4v) is 2.76. The van der Waals surface area contributed by atoms with Crippen LogP contribution in [0.1, 0.15) is 29.4 Å². The van der Waals surface area contributed by atoms with Crippen molar-refractivity contribution in [2.24, 2.45) is 0 Å². The Hall–Kier alpha value is -2.66. The van der Waals surface area contributed by atoms with Crippen LogP contribution in [0.5, 0.6) is 0 Å². The number of carbonyl (C=O) groups is 1. The monoisotopic (exact) mass is 341 g/mol. The molecule has 0 bridgehead atoms. The van der Waals surface area contributed by atoms with Gasteiger partial charge < -0.3 is 9.84 Å². The molecule has 0 amide bonds. The second kappa shape index (κ2) is 8.26. The van der Waals surface area contributed by atoms with Gasteiger partial charge in [0.1, 0.15) is 22.6 Å². The van der Waals surface area contributed by atoms with E-state index < -0.39 is 5.97 Å². The lowest BCUT2D eigenvalue weighted by Gasteiger charge is -2.12. The fraction of sp³-hybridized carbons (Fsp3) is 0.158. The molecule has 1 aromatic carbocycles. The third-order valence-corrected chi connectivity index (χ3v) is 4.12. The topological polar surface area (TPSA) is 59.4 Å². The van der Waals surface area contributed by atoms with E-state index in [2.05, 4.69) is 18.1 Å². The van der Waals surface area contributed by atoms with Crippen LogP contribution in [0.15, 0.2) is 61.0 Å². The van der Waals surface area contributed by atoms with E-state index in [9.17, 15) is 4.79 Å². The summed E-state index contributed by atoms with van der Waals surface area (Å²) in [6, 6.07) is 6.73. The van der Waals surface area contributed by atoms with E-state index in [1.54, 1.807) is 30.4 Å². The van der Waals surface area contributed by atoms with Crippen molar-refractivity contribution in [1.82, 2.24) is 4.98 Å². The van der Waals surface area contributed by atoms with Gasteiger partial charge in [0.25, 0.3) is 0 Å². The zero-order chi connectivity index (χ0) is 17.5. The fourth-order valence-electron chi connectivity index (χ4n) is 1.96. The van der Waals surface area contributed by atoms with E-state index in [1.165, 1.54) is 11.3 Å². The van der Waals surface area contributed by atoms with Gasteiger partial charge in [-0.15, -0.1) is 17.9 Å². The largest absolute Gasteiger partial charge is 0.485 e. The number of aromatic carboxylic acids is 1. The predicted octanol–water partition coefficient (Wildman–Crippen LogP) is 5.02. The molecular formula is C19H19NO3S. The maximum absolute atomic E-state index is 11.1. The molecule has 1 N–H and O–H groups in total. The van der Waals surface area contributed by atoms with Crippen LogP contribution in [-0.2, 0) is 4.74 Å².